The summed E-state index contributed by atoms with van der Waals surface area (Å²) in [5, 5.41) is 14.6. The van der Waals surface area contributed by atoms with Crippen LogP contribution in [-0.2, 0) is 0 Å². The predicted octanol–water partition coefficient (Wildman–Crippen LogP) is 2.52. The van der Waals surface area contributed by atoms with Gasteiger partial charge >= 0.3 is 0 Å². The van der Waals surface area contributed by atoms with Gasteiger partial charge in [-0.1, -0.05) is 17.7 Å². The number of guanidine groups is 1. The van der Waals surface area contributed by atoms with E-state index in [-0.39, 0.29) is 24.0 Å². The van der Waals surface area contributed by atoms with E-state index in [1.54, 1.807) is 7.05 Å². The summed E-state index contributed by atoms with van der Waals surface area (Å²) in [6.07, 6.45) is 0.851. The van der Waals surface area contributed by atoms with Gasteiger partial charge in [-0.15, -0.1) is 24.0 Å². The molecule has 3 rings (SSSR count). The number of hydrogen-bond donors (Lipinski definition) is 2. The smallest absolute Gasteiger partial charge is 0.193 e. The number of nitrogens with zero attached hydrogens (tertiary/aromatic N) is 3. The predicted molar refractivity (Wildman–Crippen MR) is 119 cm³/mol. The fourth-order valence-electron chi connectivity index (χ4n) is 3.16. The minimum Gasteiger partial charge on any atom is -0.387 e. The van der Waals surface area contributed by atoms with Crippen LogP contribution in [-0.4, -0.2) is 72.8 Å². The molecular formula is C17H26ClIN4OS. The zero-order valence-electron chi connectivity index (χ0n) is 14.4. The molecule has 25 heavy (non-hydrogen) atoms. The lowest BCUT2D eigenvalue weighted by Gasteiger charge is -2.38. The van der Waals surface area contributed by atoms with Crippen molar-refractivity contribution in [1.29, 1.82) is 0 Å². The summed E-state index contributed by atoms with van der Waals surface area (Å²) in [5.74, 6) is 2.72. The first kappa shape index (κ1) is 20.9. The zero-order chi connectivity index (χ0) is 17.0. The summed E-state index contributed by atoms with van der Waals surface area (Å²) < 4.78 is 0. The standard InChI is InChI=1S/C17H25ClN4OS.HI/c1-19-16(20-12-17(23)5-10-24-13-17)22-8-6-21(7-9-22)15-4-2-3-14(18)11-15;/h2-4,11,23H,5-10,12-13H2,1H3,(H,19,20);1H. The molecule has 2 saturated heterocycles. The molecule has 0 spiro atoms. The maximum Gasteiger partial charge on any atom is 0.193 e. The molecule has 2 fully saturated rings. The summed E-state index contributed by atoms with van der Waals surface area (Å²) in [7, 11) is 1.80. The van der Waals surface area contributed by atoms with E-state index in [9.17, 15) is 5.11 Å². The Balaban J connectivity index is 0.00000225. The van der Waals surface area contributed by atoms with Crippen molar-refractivity contribution in [3.63, 3.8) is 0 Å². The minimum absolute atomic E-state index is 0. The number of benzene rings is 1. The number of aliphatic hydroxyl groups is 1. The van der Waals surface area contributed by atoms with E-state index in [1.165, 1.54) is 5.69 Å². The third-order valence-corrected chi connectivity index (χ3v) is 6.09. The average molecular weight is 497 g/mol. The summed E-state index contributed by atoms with van der Waals surface area (Å²) in [6, 6.07) is 8.00. The van der Waals surface area contributed by atoms with Gasteiger partial charge in [-0.05, 0) is 30.4 Å². The number of thioether (sulfide) groups is 1. The highest BCUT2D eigenvalue weighted by Gasteiger charge is 2.32. The van der Waals surface area contributed by atoms with E-state index < -0.39 is 5.60 Å². The Kier molecular flexibility index (Phi) is 7.97. The molecule has 0 aliphatic carbocycles. The average Bonchev–Trinajstić information content (AvgIpc) is 3.03. The highest BCUT2D eigenvalue weighted by Crippen LogP contribution is 2.27. The molecule has 0 amide bonds. The molecule has 1 aromatic carbocycles. The molecular weight excluding hydrogens is 471 g/mol. The van der Waals surface area contributed by atoms with E-state index in [0.717, 1.165) is 55.1 Å². The molecule has 0 aromatic heterocycles. The van der Waals surface area contributed by atoms with Crippen LogP contribution in [0.4, 0.5) is 5.69 Å². The zero-order valence-corrected chi connectivity index (χ0v) is 18.4. The van der Waals surface area contributed by atoms with Crippen molar-refractivity contribution in [2.75, 3.05) is 56.2 Å². The van der Waals surface area contributed by atoms with Gasteiger partial charge in [0.15, 0.2) is 5.96 Å². The number of piperazine rings is 1. The largest absolute Gasteiger partial charge is 0.387 e. The monoisotopic (exact) mass is 496 g/mol. The van der Waals surface area contributed by atoms with Crippen LogP contribution >= 0.6 is 47.3 Å². The van der Waals surface area contributed by atoms with Crippen LogP contribution in [0.1, 0.15) is 6.42 Å². The fourth-order valence-corrected chi connectivity index (χ4v) is 4.64. The lowest BCUT2D eigenvalue weighted by Crippen LogP contribution is -2.55. The molecule has 5 nitrogen and oxygen atoms in total. The molecule has 0 radical (unpaired) electrons. The fraction of sp³-hybridized carbons (Fsp3) is 0.588. The first-order chi connectivity index (χ1) is 11.6. The SMILES string of the molecule is CN=C(NCC1(O)CCSC1)N1CCN(c2cccc(Cl)c2)CC1.I. The van der Waals surface area contributed by atoms with Crippen molar-refractivity contribution in [2.45, 2.75) is 12.0 Å². The van der Waals surface area contributed by atoms with Crippen LogP contribution < -0.4 is 10.2 Å². The van der Waals surface area contributed by atoms with Crippen LogP contribution in [0.2, 0.25) is 5.02 Å². The summed E-state index contributed by atoms with van der Waals surface area (Å²) >= 11 is 7.90. The molecule has 8 heteroatoms. The minimum atomic E-state index is -0.594. The summed E-state index contributed by atoms with van der Waals surface area (Å²) in [5.41, 5.74) is 0.575. The van der Waals surface area contributed by atoms with E-state index in [2.05, 4.69) is 26.2 Å². The van der Waals surface area contributed by atoms with Gasteiger partial charge in [0.25, 0.3) is 0 Å². The maximum absolute atomic E-state index is 10.5. The number of halogens is 2. The Morgan fingerprint density at radius 3 is 2.72 bits per heavy atom. The lowest BCUT2D eigenvalue weighted by molar-refractivity contribution is 0.0716. The molecule has 140 valence electrons. The lowest BCUT2D eigenvalue weighted by atomic mass is 10.0. The van der Waals surface area contributed by atoms with E-state index in [4.69, 9.17) is 11.6 Å². The molecule has 2 heterocycles. The second kappa shape index (κ2) is 9.53. The molecule has 0 bridgehead atoms. The molecule has 2 N–H and O–H groups in total. The van der Waals surface area contributed by atoms with E-state index in [1.807, 2.05) is 30.0 Å². The van der Waals surface area contributed by atoms with Gasteiger partial charge in [-0.3, -0.25) is 4.99 Å². The first-order valence-corrected chi connectivity index (χ1v) is 9.89. The Morgan fingerprint density at radius 1 is 1.36 bits per heavy atom. The normalized spacial score (nSPS) is 24.2. The summed E-state index contributed by atoms with van der Waals surface area (Å²) in [4.78, 5) is 8.99. The molecule has 1 atom stereocenters. The second-order valence-electron chi connectivity index (χ2n) is 6.38. The van der Waals surface area contributed by atoms with Crippen LogP contribution in [0.3, 0.4) is 0 Å². The topological polar surface area (TPSA) is 51.1 Å². The van der Waals surface area contributed by atoms with Gasteiger partial charge < -0.3 is 20.2 Å². The summed E-state index contributed by atoms with van der Waals surface area (Å²) in [6.45, 7) is 4.24. The van der Waals surface area contributed by atoms with Crippen molar-refractivity contribution >= 4 is 59.0 Å². The van der Waals surface area contributed by atoms with E-state index >= 15 is 0 Å². The Labute approximate surface area is 176 Å². The van der Waals surface area contributed by atoms with Crippen LogP contribution in [0, 0.1) is 0 Å². The Morgan fingerprint density at radius 2 is 2.12 bits per heavy atom. The van der Waals surface area contributed by atoms with Crippen LogP contribution in [0.25, 0.3) is 0 Å². The van der Waals surface area contributed by atoms with Crippen molar-refractivity contribution in [3.05, 3.63) is 29.3 Å². The quantitative estimate of drug-likeness (QED) is 0.383. The van der Waals surface area contributed by atoms with Crippen LogP contribution in [0.15, 0.2) is 29.3 Å². The van der Waals surface area contributed by atoms with Gasteiger partial charge in [0.2, 0.25) is 0 Å². The molecule has 2 aliphatic heterocycles. The Hall–Kier alpha value is -0.380. The number of rotatable bonds is 3. The highest BCUT2D eigenvalue weighted by molar-refractivity contribution is 14.0. The number of anilines is 1. The number of aliphatic imine (C=N–C) groups is 1. The van der Waals surface area contributed by atoms with Gasteiger partial charge in [0, 0.05) is 56.2 Å². The highest BCUT2D eigenvalue weighted by atomic mass is 127. The van der Waals surface area contributed by atoms with Crippen molar-refractivity contribution < 1.29 is 5.11 Å². The molecule has 1 unspecified atom stereocenters. The van der Waals surface area contributed by atoms with Crippen molar-refractivity contribution in [1.82, 2.24) is 10.2 Å². The molecule has 2 aliphatic rings. The van der Waals surface area contributed by atoms with Crippen molar-refractivity contribution in [3.8, 4) is 0 Å². The maximum atomic E-state index is 10.5. The van der Waals surface area contributed by atoms with Gasteiger partial charge in [-0.2, -0.15) is 11.8 Å². The number of nitrogens with one attached hydrogen (secondary N) is 1. The van der Waals surface area contributed by atoms with Gasteiger partial charge in [0.1, 0.15) is 0 Å². The molecule has 0 saturated carbocycles. The molecule has 1 aromatic rings. The van der Waals surface area contributed by atoms with Gasteiger partial charge in [0.05, 0.1) is 5.60 Å². The second-order valence-corrected chi connectivity index (χ2v) is 7.92. The van der Waals surface area contributed by atoms with Crippen LogP contribution in [0.5, 0.6) is 0 Å². The number of hydrogen-bond acceptors (Lipinski definition) is 4. The van der Waals surface area contributed by atoms with Gasteiger partial charge in [-0.25, -0.2) is 0 Å². The third-order valence-electron chi connectivity index (χ3n) is 4.62. The Bertz CT molecular complexity index is 590. The van der Waals surface area contributed by atoms with Crippen molar-refractivity contribution in [2.24, 2.45) is 4.99 Å². The third kappa shape index (κ3) is 5.55. The van der Waals surface area contributed by atoms with E-state index in [0.29, 0.717) is 6.54 Å². The first-order valence-electron chi connectivity index (χ1n) is 8.36.